The fourth-order valence-corrected chi connectivity index (χ4v) is 9.74. The summed E-state index contributed by atoms with van der Waals surface area (Å²) >= 11 is 0. The molecule has 0 amide bonds. The van der Waals surface area contributed by atoms with Crippen LogP contribution in [0.2, 0.25) is 0 Å². The number of nitrogens with zero attached hydrogens (tertiary/aromatic N) is 2. The molecule has 0 saturated carbocycles. The van der Waals surface area contributed by atoms with Crippen LogP contribution < -0.4 is 4.90 Å². The number of aromatic nitrogens is 1. The average molecular weight is 841 g/mol. The van der Waals surface area contributed by atoms with Crippen LogP contribution in [0, 0.1) is 0 Å². The number of benzene rings is 11. The van der Waals surface area contributed by atoms with Gasteiger partial charge in [0.2, 0.25) is 0 Å². The van der Waals surface area contributed by atoms with Crippen molar-refractivity contribution in [2.75, 3.05) is 4.90 Å². The van der Waals surface area contributed by atoms with Crippen molar-refractivity contribution in [3.63, 3.8) is 0 Å². The van der Waals surface area contributed by atoms with Gasteiger partial charge in [0.05, 0.1) is 11.0 Å². The van der Waals surface area contributed by atoms with Crippen LogP contribution in [0.4, 0.5) is 17.1 Å². The summed E-state index contributed by atoms with van der Waals surface area (Å²) < 4.78 is 2.39. The summed E-state index contributed by atoms with van der Waals surface area (Å²) in [5, 5.41) is 5.03. The summed E-state index contributed by atoms with van der Waals surface area (Å²) in [5.74, 6) is 0. The van der Waals surface area contributed by atoms with E-state index in [1.54, 1.807) is 0 Å². The molecule has 0 unspecified atom stereocenters. The van der Waals surface area contributed by atoms with Crippen molar-refractivity contribution in [3.05, 3.63) is 267 Å². The molecule has 0 aliphatic rings. The van der Waals surface area contributed by atoms with Gasteiger partial charge in [0, 0.05) is 33.5 Å². The maximum atomic E-state index is 2.39. The van der Waals surface area contributed by atoms with Crippen LogP contribution in [-0.2, 0) is 0 Å². The third-order valence-electron chi connectivity index (χ3n) is 13.0. The standard InChI is InChI=1S/C64H44N2/c1-2-16-48(17-3-1)59-25-6-7-26-60(59)54-22-14-23-57(44-54)65(55-37-33-46(34-38-55)50-19-12-20-51(41-50)53-32-31-45-15-4-5-18-49(45)42-53)56-39-35-47(36-40-56)52-21-13-24-58(43-52)66-63-29-10-8-27-61(63)62-28-9-11-30-64(62)66/h1-44H. The Morgan fingerprint density at radius 2 is 0.712 bits per heavy atom. The van der Waals surface area contributed by atoms with Crippen molar-refractivity contribution >= 4 is 49.6 Å². The van der Waals surface area contributed by atoms with E-state index in [1.165, 1.54) is 77.1 Å². The van der Waals surface area contributed by atoms with Gasteiger partial charge in [-0.1, -0.05) is 194 Å². The van der Waals surface area contributed by atoms with Crippen LogP contribution in [0.3, 0.4) is 0 Å². The predicted molar refractivity (Wildman–Crippen MR) is 280 cm³/mol. The lowest BCUT2D eigenvalue weighted by molar-refractivity contribution is 1.18. The molecule has 0 radical (unpaired) electrons. The molecule has 12 rings (SSSR count). The lowest BCUT2D eigenvalue weighted by Gasteiger charge is -2.27. The average Bonchev–Trinajstić information content (AvgIpc) is 3.74. The van der Waals surface area contributed by atoms with Crippen LogP contribution in [-0.4, -0.2) is 4.57 Å². The number of fused-ring (bicyclic) bond motifs is 4. The Balaban J connectivity index is 0.926. The monoisotopic (exact) mass is 840 g/mol. The highest BCUT2D eigenvalue weighted by atomic mass is 15.1. The van der Waals surface area contributed by atoms with Crippen molar-refractivity contribution in [1.82, 2.24) is 4.57 Å². The molecule has 2 nitrogen and oxygen atoms in total. The second kappa shape index (κ2) is 16.8. The van der Waals surface area contributed by atoms with Crippen molar-refractivity contribution in [2.45, 2.75) is 0 Å². The van der Waals surface area contributed by atoms with Gasteiger partial charge in [-0.3, -0.25) is 0 Å². The maximum absolute atomic E-state index is 2.39. The Labute approximate surface area is 385 Å². The number of hydrogen-bond donors (Lipinski definition) is 0. The molecule has 12 aromatic rings. The number of hydrogen-bond acceptors (Lipinski definition) is 1. The zero-order valence-corrected chi connectivity index (χ0v) is 36.3. The summed E-state index contributed by atoms with van der Waals surface area (Å²) in [6.45, 7) is 0. The first-order chi connectivity index (χ1) is 32.7. The minimum Gasteiger partial charge on any atom is -0.310 e. The molecule has 0 atom stereocenters. The van der Waals surface area contributed by atoms with Gasteiger partial charge < -0.3 is 9.47 Å². The quantitative estimate of drug-likeness (QED) is 0.141. The summed E-state index contributed by atoms with van der Waals surface area (Å²) in [5.41, 5.74) is 18.7. The predicted octanol–water partition coefficient (Wildman–Crippen LogP) is 17.7. The van der Waals surface area contributed by atoms with E-state index < -0.39 is 0 Å². The molecule has 0 bridgehead atoms. The fourth-order valence-electron chi connectivity index (χ4n) is 9.74. The SMILES string of the molecule is c1ccc(-c2ccccc2-c2cccc(N(c3ccc(-c4cccc(-c5ccc6ccccc6c5)c4)cc3)c3ccc(-c4cccc(-n5c6ccccc6c6ccccc65)c4)cc3)c2)cc1. The van der Waals surface area contributed by atoms with Crippen molar-refractivity contribution in [1.29, 1.82) is 0 Å². The number of anilines is 3. The fraction of sp³-hybridized carbons (Fsp3) is 0. The molecule has 11 aromatic carbocycles. The van der Waals surface area contributed by atoms with Gasteiger partial charge in [-0.05, 0) is 139 Å². The molecule has 0 aliphatic heterocycles. The highest BCUT2D eigenvalue weighted by Gasteiger charge is 2.17. The van der Waals surface area contributed by atoms with Crippen molar-refractivity contribution in [3.8, 4) is 61.3 Å². The van der Waals surface area contributed by atoms with Gasteiger partial charge in [0.1, 0.15) is 0 Å². The van der Waals surface area contributed by atoms with Gasteiger partial charge in [0.25, 0.3) is 0 Å². The van der Waals surface area contributed by atoms with Gasteiger partial charge >= 0.3 is 0 Å². The van der Waals surface area contributed by atoms with Crippen molar-refractivity contribution < 1.29 is 0 Å². The smallest absolute Gasteiger partial charge is 0.0541 e. The van der Waals surface area contributed by atoms with Gasteiger partial charge in [-0.15, -0.1) is 0 Å². The first-order valence-corrected chi connectivity index (χ1v) is 22.7. The lowest BCUT2D eigenvalue weighted by Crippen LogP contribution is -2.10. The van der Waals surface area contributed by atoms with E-state index in [9.17, 15) is 0 Å². The van der Waals surface area contributed by atoms with Crippen LogP contribution in [0.15, 0.2) is 267 Å². The molecule has 2 heteroatoms. The van der Waals surface area contributed by atoms with E-state index in [1.807, 2.05) is 0 Å². The molecule has 0 saturated heterocycles. The molecule has 0 fully saturated rings. The van der Waals surface area contributed by atoms with E-state index in [0.29, 0.717) is 0 Å². The third-order valence-corrected chi connectivity index (χ3v) is 13.0. The van der Waals surface area contributed by atoms with E-state index in [2.05, 4.69) is 276 Å². The largest absolute Gasteiger partial charge is 0.310 e. The summed E-state index contributed by atoms with van der Waals surface area (Å²) in [4.78, 5) is 2.38. The van der Waals surface area contributed by atoms with E-state index >= 15 is 0 Å². The summed E-state index contributed by atoms with van der Waals surface area (Å²) in [7, 11) is 0. The van der Waals surface area contributed by atoms with Crippen LogP contribution in [0.25, 0.3) is 93.9 Å². The Kier molecular flexibility index (Phi) is 9.89. The van der Waals surface area contributed by atoms with Crippen LogP contribution in [0.5, 0.6) is 0 Å². The molecular formula is C64H44N2. The topological polar surface area (TPSA) is 8.17 Å². The zero-order chi connectivity index (χ0) is 43.8. The second-order valence-electron chi connectivity index (χ2n) is 17.0. The molecule has 1 heterocycles. The zero-order valence-electron chi connectivity index (χ0n) is 36.3. The van der Waals surface area contributed by atoms with Gasteiger partial charge in [-0.2, -0.15) is 0 Å². The second-order valence-corrected chi connectivity index (χ2v) is 17.0. The minimum absolute atomic E-state index is 1.08. The molecule has 0 spiro atoms. The molecule has 0 aliphatic carbocycles. The highest BCUT2D eigenvalue weighted by molar-refractivity contribution is 6.09. The Bertz CT molecular complexity index is 3640. The third kappa shape index (κ3) is 7.21. The first kappa shape index (κ1) is 38.9. The van der Waals surface area contributed by atoms with Gasteiger partial charge in [0.15, 0.2) is 0 Å². The van der Waals surface area contributed by atoms with E-state index in [4.69, 9.17) is 0 Å². The normalized spacial score (nSPS) is 11.3. The molecule has 1 aromatic heterocycles. The molecule has 0 N–H and O–H groups in total. The minimum atomic E-state index is 1.08. The van der Waals surface area contributed by atoms with E-state index in [-0.39, 0.29) is 0 Å². The first-order valence-electron chi connectivity index (χ1n) is 22.7. The Morgan fingerprint density at radius 3 is 1.39 bits per heavy atom. The molecule has 66 heavy (non-hydrogen) atoms. The van der Waals surface area contributed by atoms with Gasteiger partial charge in [-0.25, -0.2) is 0 Å². The molecule has 310 valence electrons. The maximum Gasteiger partial charge on any atom is 0.0541 e. The Hall–Kier alpha value is -8.72. The highest BCUT2D eigenvalue weighted by Crippen LogP contribution is 2.41. The van der Waals surface area contributed by atoms with Crippen molar-refractivity contribution in [2.24, 2.45) is 0 Å². The van der Waals surface area contributed by atoms with E-state index in [0.717, 1.165) is 33.9 Å². The van der Waals surface area contributed by atoms with Crippen LogP contribution >= 0.6 is 0 Å². The molecular weight excluding hydrogens is 797 g/mol. The lowest BCUT2D eigenvalue weighted by atomic mass is 9.94. The Morgan fingerprint density at radius 1 is 0.242 bits per heavy atom. The summed E-state index contributed by atoms with van der Waals surface area (Å²) in [6, 6.07) is 96.8. The number of rotatable bonds is 9. The van der Waals surface area contributed by atoms with Crippen LogP contribution in [0.1, 0.15) is 0 Å². The number of para-hydroxylation sites is 2. The summed E-state index contributed by atoms with van der Waals surface area (Å²) in [6.07, 6.45) is 0.